The van der Waals surface area contributed by atoms with E-state index < -0.39 is 12.8 Å². The minimum atomic E-state index is -4.36. The molecule has 0 aliphatic carbocycles. The Bertz CT molecular complexity index is 530. The van der Waals surface area contributed by atoms with Crippen LogP contribution < -0.4 is 10.1 Å². The normalized spacial score (nSPS) is 19.1. The van der Waals surface area contributed by atoms with Gasteiger partial charge in [0.05, 0.1) is 6.04 Å². The molecule has 1 aliphatic heterocycles. The number of ether oxygens (including phenoxy) is 1. The van der Waals surface area contributed by atoms with Crippen LogP contribution in [0.4, 0.5) is 18.9 Å². The fourth-order valence-corrected chi connectivity index (χ4v) is 2.87. The second kappa shape index (κ2) is 8.37. The number of nitrogens with zero attached hydrogens (tertiary/aromatic N) is 1. The molecule has 2 rings (SSSR count). The lowest BCUT2D eigenvalue weighted by atomic mass is 10.0. The Morgan fingerprint density at radius 2 is 2.00 bits per heavy atom. The number of likely N-dealkylation sites (tertiary alicyclic amines) is 1. The lowest BCUT2D eigenvalue weighted by Gasteiger charge is -2.34. The van der Waals surface area contributed by atoms with Crippen molar-refractivity contribution in [2.75, 3.05) is 25.0 Å². The number of carbonyl (C=O) groups is 1. The van der Waals surface area contributed by atoms with Gasteiger partial charge in [0.15, 0.2) is 6.61 Å². The molecule has 1 unspecified atom stereocenters. The van der Waals surface area contributed by atoms with Crippen molar-refractivity contribution < 1.29 is 22.7 Å². The Morgan fingerprint density at radius 1 is 1.29 bits per heavy atom. The van der Waals surface area contributed by atoms with Crippen molar-refractivity contribution in [2.45, 2.75) is 44.8 Å². The highest BCUT2D eigenvalue weighted by molar-refractivity contribution is 5.94. The molecule has 1 amide bonds. The van der Waals surface area contributed by atoms with Gasteiger partial charge >= 0.3 is 6.18 Å². The summed E-state index contributed by atoms with van der Waals surface area (Å²) in [5.41, 5.74) is 0.557. The van der Waals surface area contributed by atoms with Crippen LogP contribution in [0.1, 0.15) is 32.6 Å². The van der Waals surface area contributed by atoms with E-state index in [0.717, 1.165) is 38.8 Å². The van der Waals surface area contributed by atoms with Crippen LogP contribution in [0.15, 0.2) is 24.3 Å². The molecule has 0 spiro atoms. The molecule has 0 radical (unpaired) electrons. The molecular weight excluding hydrogens is 321 g/mol. The van der Waals surface area contributed by atoms with Gasteiger partial charge in [-0.3, -0.25) is 9.69 Å². The standard InChI is InChI=1S/C17H23F3N2O2/c1-2-10-22-11-4-3-5-15(22)16(23)21-13-6-8-14(9-7-13)24-12-17(18,19)20/h6-9,15H,2-5,10-12H2,1H3,(H,21,23). The predicted octanol–water partition coefficient (Wildman–Crippen LogP) is 3.83. The Morgan fingerprint density at radius 3 is 2.62 bits per heavy atom. The van der Waals surface area contributed by atoms with E-state index in [0.29, 0.717) is 5.69 Å². The van der Waals surface area contributed by atoms with Crippen LogP contribution in [-0.2, 0) is 4.79 Å². The first-order valence-electron chi connectivity index (χ1n) is 8.23. The summed E-state index contributed by atoms with van der Waals surface area (Å²) in [5, 5.41) is 2.84. The summed E-state index contributed by atoms with van der Waals surface area (Å²) in [4.78, 5) is 14.7. The van der Waals surface area contributed by atoms with Gasteiger partial charge in [0.2, 0.25) is 5.91 Å². The number of alkyl halides is 3. The van der Waals surface area contributed by atoms with Crippen molar-refractivity contribution >= 4 is 11.6 Å². The Hall–Kier alpha value is -1.76. The topological polar surface area (TPSA) is 41.6 Å². The highest BCUT2D eigenvalue weighted by Gasteiger charge is 2.29. The average molecular weight is 344 g/mol. The van der Waals surface area contributed by atoms with E-state index in [9.17, 15) is 18.0 Å². The van der Waals surface area contributed by atoms with Gasteiger partial charge in [-0.05, 0) is 56.6 Å². The second-order valence-corrected chi connectivity index (χ2v) is 5.97. The molecule has 0 aromatic heterocycles. The number of anilines is 1. The molecule has 1 N–H and O–H groups in total. The predicted molar refractivity (Wildman–Crippen MR) is 86.1 cm³/mol. The Labute approximate surface area is 140 Å². The van der Waals surface area contributed by atoms with E-state index in [1.807, 2.05) is 0 Å². The van der Waals surface area contributed by atoms with Crippen LogP contribution in [0, 0.1) is 0 Å². The van der Waals surface area contributed by atoms with Crippen molar-refractivity contribution in [3.8, 4) is 5.75 Å². The molecule has 1 aliphatic rings. The molecule has 24 heavy (non-hydrogen) atoms. The monoisotopic (exact) mass is 344 g/mol. The molecule has 1 heterocycles. The zero-order chi connectivity index (χ0) is 17.6. The molecule has 1 saturated heterocycles. The Balaban J connectivity index is 1.91. The third-order valence-corrected chi connectivity index (χ3v) is 3.95. The van der Waals surface area contributed by atoms with Gasteiger partial charge in [-0.25, -0.2) is 0 Å². The lowest BCUT2D eigenvalue weighted by Crippen LogP contribution is -2.47. The number of amides is 1. The highest BCUT2D eigenvalue weighted by atomic mass is 19.4. The molecule has 1 aromatic carbocycles. The molecule has 1 atom stereocenters. The number of carbonyl (C=O) groups excluding carboxylic acids is 1. The first-order chi connectivity index (χ1) is 11.4. The van der Waals surface area contributed by atoms with Crippen molar-refractivity contribution in [1.29, 1.82) is 0 Å². The van der Waals surface area contributed by atoms with Crippen molar-refractivity contribution in [3.05, 3.63) is 24.3 Å². The Kier molecular flexibility index (Phi) is 6.48. The van der Waals surface area contributed by atoms with Gasteiger partial charge in [0, 0.05) is 5.69 Å². The summed E-state index contributed by atoms with van der Waals surface area (Å²) in [6.45, 7) is 2.58. The van der Waals surface area contributed by atoms with Crippen LogP contribution >= 0.6 is 0 Å². The van der Waals surface area contributed by atoms with Crippen LogP contribution in [0.25, 0.3) is 0 Å². The number of piperidine rings is 1. The third-order valence-electron chi connectivity index (χ3n) is 3.95. The number of benzene rings is 1. The highest BCUT2D eigenvalue weighted by Crippen LogP contribution is 2.22. The van der Waals surface area contributed by atoms with E-state index in [4.69, 9.17) is 0 Å². The first-order valence-corrected chi connectivity index (χ1v) is 8.23. The zero-order valence-corrected chi connectivity index (χ0v) is 13.7. The van der Waals surface area contributed by atoms with Crippen LogP contribution in [0.3, 0.4) is 0 Å². The van der Waals surface area contributed by atoms with Crippen molar-refractivity contribution in [2.24, 2.45) is 0 Å². The van der Waals surface area contributed by atoms with Crippen LogP contribution in [0.5, 0.6) is 5.75 Å². The SMILES string of the molecule is CCCN1CCCCC1C(=O)Nc1ccc(OCC(F)(F)F)cc1. The lowest BCUT2D eigenvalue weighted by molar-refractivity contribution is -0.153. The van der Waals surface area contributed by atoms with Gasteiger partial charge < -0.3 is 10.1 Å². The fraction of sp³-hybridized carbons (Fsp3) is 0.588. The summed E-state index contributed by atoms with van der Waals surface area (Å²) in [6.07, 6.45) is -0.401. The molecule has 7 heteroatoms. The average Bonchev–Trinajstić information content (AvgIpc) is 2.54. The van der Waals surface area contributed by atoms with E-state index >= 15 is 0 Å². The zero-order valence-electron chi connectivity index (χ0n) is 13.7. The van der Waals surface area contributed by atoms with Gasteiger partial charge in [0.1, 0.15) is 5.75 Å². The maximum Gasteiger partial charge on any atom is 0.422 e. The van der Waals surface area contributed by atoms with E-state index in [2.05, 4.69) is 21.9 Å². The molecule has 0 saturated carbocycles. The molecule has 0 bridgehead atoms. The second-order valence-electron chi connectivity index (χ2n) is 5.97. The van der Waals surface area contributed by atoms with Gasteiger partial charge in [-0.2, -0.15) is 13.2 Å². The third kappa shape index (κ3) is 5.70. The largest absolute Gasteiger partial charge is 0.484 e. The molecule has 1 fully saturated rings. The maximum absolute atomic E-state index is 12.5. The number of hydrogen-bond donors (Lipinski definition) is 1. The molecule has 134 valence electrons. The first kappa shape index (κ1) is 18.6. The van der Waals surface area contributed by atoms with E-state index in [1.54, 1.807) is 12.1 Å². The smallest absolute Gasteiger partial charge is 0.422 e. The number of halogens is 3. The molecule has 4 nitrogen and oxygen atoms in total. The maximum atomic E-state index is 12.5. The fourth-order valence-electron chi connectivity index (χ4n) is 2.87. The minimum absolute atomic E-state index is 0.0629. The van der Waals surface area contributed by atoms with E-state index in [1.165, 1.54) is 12.1 Å². The number of rotatable bonds is 6. The van der Waals surface area contributed by atoms with Gasteiger partial charge in [0.25, 0.3) is 0 Å². The summed E-state index contributed by atoms with van der Waals surface area (Å²) in [5.74, 6) is 0.0581. The minimum Gasteiger partial charge on any atom is -0.484 e. The quantitative estimate of drug-likeness (QED) is 0.853. The molecular formula is C17H23F3N2O2. The summed E-state index contributed by atoms with van der Waals surface area (Å²) in [6, 6.07) is 5.81. The van der Waals surface area contributed by atoms with Crippen LogP contribution in [-0.4, -0.2) is 42.7 Å². The summed E-state index contributed by atoms with van der Waals surface area (Å²) >= 11 is 0. The van der Waals surface area contributed by atoms with Crippen LogP contribution in [0.2, 0.25) is 0 Å². The number of hydrogen-bond acceptors (Lipinski definition) is 3. The summed E-state index contributed by atoms with van der Waals surface area (Å²) in [7, 11) is 0. The van der Waals surface area contributed by atoms with Crippen molar-refractivity contribution in [1.82, 2.24) is 4.90 Å². The van der Waals surface area contributed by atoms with E-state index in [-0.39, 0.29) is 17.7 Å². The number of nitrogens with one attached hydrogen (secondary N) is 1. The van der Waals surface area contributed by atoms with Gasteiger partial charge in [-0.1, -0.05) is 13.3 Å². The van der Waals surface area contributed by atoms with Crippen molar-refractivity contribution in [3.63, 3.8) is 0 Å². The summed E-state index contributed by atoms with van der Waals surface area (Å²) < 4.78 is 41.0. The molecule has 1 aromatic rings. The van der Waals surface area contributed by atoms with Gasteiger partial charge in [-0.15, -0.1) is 0 Å².